The number of carbonyl (C=O) groups excluding carboxylic acids is 1. The maximum atomic E-state index is 12.2. The molecule has 2 aromatic carbocycles. The smallest absolute Gasteiger partial charge is 0.225 e. The summed E-state index contributed by atoms with van der Waals surface area (Å²) in [6, 6.07) is 16.0. The molecule has 0 spiro atoms. The van der Waals surface area contributed by atoms with Gasteiger partial charge in [0, 0.05) is 5.56 Å². The largest absolute Gasteiger partial charge is 0.496 e. The molecule has 1 atom stereocenters. The van der Waals surface area contributed by atoms with E-state index >= 15 is 0 Å². The third-order valence-electron chi connectivity index (χ3n) is 3.81. The fraction of sp³-hybridized carbons (Fsp3) is 0.316. The molecule has 116 valence electrons. The Morgan fingerprint density at radius 2 is 1.82 bits per heavy atom. The molecule has 0 aromatic heterocycles. The fourth-order valence-electron chi connectivity index (χ4n) is 2.44. The van der Waals surface area contributed by atoms with Crippen molar-refractivity contribution >= 4 is 5.91 Å². The van der Waals surface area contributed by atoms with Crippen LogP contribution in [0.25, 0.3) is 0 Å². The number of hydrogen-bond acceptors (Lipinski definition) is 2. The van der Waals surface area contributed by atoms with Crippen molar-refractivity contribution in [2.24, 2.45) is 0 Å². The summed E-state index contributed by atoms with van der Waals surface area (Å²) in [4.78, 5) is 12.2. The average molecular weight is 297 g/mol. The van der Waals surface area contributed by atoms with Gasteiger partial charge in [0.1, 0.15) is 5.75 Å². The predicted molar refractivity (Wildman–Crippen MR) is 89.1 cm³/mol. The second-order valence-corrected chi connectivity index (χ2v) is 5.37. The van der Waals surface area contributed by atoms with E-state index in [9.17, 15) is 4.79 Å². The highest BCUT2D eigenvalue weighted by Gasteiger charge is 2.12. The van der Waals surface area contributed by atoms with Crippen LogP contribution < -0.4 is 10.1 Å². The molecule has 2 rings (SSSR count). The molecule has 0 aliphatic carbocycles. The summed E-state index contributed by atoms with van der Waals surface area (Å²) in [7, 11) is 1.62. The van der Waals surface area contributed by atoms with Gasteiger partial charge in [0.05, 0.1) is 19.6 Å². The van der Waals surface area contributed by atoms with E-state index in [0.29, 0.717) is 6.42 Å². The third-order valence-corrected chi connectivity index (χ3v) is 3.81. The van der Waals surface area contributed by atoms with Crippen molar-refractivity contribution in [1.82, 2.24) is 5.32 Å². The number of benzene rings is 2. The number of ether oxygens (including phenoxy) is 1. The zero-order chi connectivity index (χ0) is 15.9. The summed E-state index contributed by atoms with van der Waals surface area (Å²) in [5, 5.41) is 3.04. The van der Waals surface area contributed by atoms with Gasteiger partial charge in [-0.25, -0.2) is 0 Å². The van der Waals surface area contributed by atoms with Crippen molar-refractivity contribution in [3.8, 4) is 5.75 Å². The molecule has 1 amide bonds. The minimum atomic E-state index is -0.00638. The first kappa shape index (κ1) is 16.1. The van der Waals surface area contributed by atoms with Gasteiger partial charge < -0.3 is 10.1 Å². The van der Waals surface area contributed by atoms with Crippen LogP contribution in [-0.2, 0) is 17.6 Å². The normalized spacial score (nSPS) is 11.8. The molecule has 1 N–H and O–H groups in total. The molecule has 0 saturated carbocycles. The van der Waals surface area contributed by atoms with Crippen molar-refractivity contribution < 1.29 is 9.53 Å². The minimum absolute atomic E-state index is 0.00318. The standard InChI is InChI=1S/C19H23NO2/c1-4-15-9-11-16(12-10-15)14(2)20-19(21)13-17-7-5-6-8-18(17)22-3/h5-12,14H,4,13H2,1-3H3,(H,20,21). The summed E-state index contributed by atoms with van der Waals surface area (Å²) in [6.07, 6.45) is 1.34. The summed E-state index contributed by atoms with van der Waals surface area (Å²) in [5.41, 5.74) is 3.32. The second kappa shape index (κ2) is 7.64. The Balaban J connectivity index is 1.98. The van der Waals surface area contributed by atoms with Crippen molar-refractivity contribution in [2.45, 2.75) is 32.7 Å². The number of carbonyl (C=O) groups is 1. The maximum Gasteiger partial charge on any atom is 0.225 e. The summed E-state index contributed by atoms with van der Waals surface area (Å²) >= 11 is 0. The Kier molecular flexibility index (Phi) is 5.59. The molecule has 0 bridgehead atoms. The second-order valence-electron chi connectivity index (χ2n) is 5.37. The first-order chi connectivity index (χ1) is 10.6. The number of para-hydroxylation sites is 1. The first-order valence-corrected chi connectivity index (χ1v) is 7.64. The lowest BCUT2D eigenvalue weighted by atomic mass is 10.0. The van der Waals surface area contributed by atoms with E-state index in [1.165, 1.54) is 5.56 Å². The highest BCUT2D eigenvalue weighted by atomic mass is 16.5. The van der Waals surface area contributed by atoms with Gasteiger partial charge in [0.2, 0.25) is 5.91 Å². The van der Waals surface area contributed by atoms with Crippen LogP contribution in [0.5, 0.6) is 5.75 Å². The SMILES string of the molecule is CCc1ccc(C(C)NC(=O)Cc2ccccc2OC)cc1. The summed E-state index contributed by atoms with van der Waals surface area (Å²) < 4.78 is 5.28. The van der Waals surface area contributed by atoms with E-state index in [4.69, 9.17) is 4.74 Å². The molecule has 3 nitrogen and oxygen atoms in total. The minimum Gasteiger partial charge on any atom is -0.496 e. The predicted octanol–water partition coefficient (Wildman–Crippen LogP) is 3.68. The van der Waals surface area contributed by atoms with Gasteiger partial charge in [0.15, 0.2) is 0 Å². The van der Waals surface area contributed by atoms with Crippen molar-refractivity contribution in [3.05, 3.63) is 65.2 Å². The lowest BCUT2D eigenvalue weighted by Gasteiger charge is -2.15. The number of amides is 1. The summed E-state index contributed by atoms with van der Waals surface area (Å²) in [6.45, 7) is 4.13. The molecule has 0 aliphatic heterocycles. The quantitative estimate of drug-likeness (QED) is 0.883. The van der Waals surface area contributed by atoms with Crippen molar-refractivity contribution in [1.29, 1.82) is 0 Å². The maximum absolute atomic E-state index is 12.2. The number of hydrogen-bond donors (Lipinski definition) is 1. The molecule has 1 unspecified atom stereocenters. The van der Waals surface area contributed by atoms with Crippen LogP contribution in [0.4, 0.5) is 0 Å². The van der Waals surface area contributed by atoms with Crippen LogP contribution >= 0.6 is 0 Å². The molecule has 2 aromatic rings. The molecular formula is C19H23NO2. The molecule has 0 aliphatic rings. The number of nitrogens with one attached hydrogen (secondary N) is 1. The van der Waals surface area contributed by atoms with Crippen LogP contribution in [0.2, 0.25) is 0 Å². The Bertz CT molecular complexity index is 620. The average Bonchev–Trinajstić information content (AvgIpc) is 2.55. The van der Waals surface area contributed by atoms with Crippen LogP contribution in [0.15, 0.2) is 48.5 Å². The van der Waals surface area contributed by atoms with Gasteiger partial charge in [-0.05, 0) is 30.5 Å². The summed E-state index contributed by atoms with van der Waals surface area (Å²) in [5.74, 6) is 0.745. The van der Waals surface area contributed by atoms with Gasteiger partial charge in [-0.15, -0.1) is 0 Å². The zero-order valence-corrected chi connectivity index (χ0v) is 13.4. The van der Waals surface area contributed by atoms with Crippen LogP contribution in [0.3, 0.4) is 0 Å². The van der Waals surface area contributed by atoms with E-state index in [1.54, 1.807) is 7.11 Å². The van der Waals surface area contributed by atoms with E-state index in [2.05, 4.69) is 36.5 Å². The molecule has 22 heavy (non-hydrogen) atoms. The molecule has 3 heteroatoms. The molecule has 0 radical (unpaired) electrons. The van der Waals surface area contributed by atoms with Crippen molar-refractivity contribution in [3.63, 3.8) is 0 Å². The van der Waals surface area contributed by atoms with Crippen LogP contribution in [0, 0.1) is 0 Å². The van der Waals surface area contributed by atoms with E-state index in [1.807, 2.05) is 31.2 Å². The topological polar surface area (TPSA) is 38.3 Å². The number of aryl methyl sites for hydroxylation is 1. The Morgan fingerprint density at radius 1 is 1.14 bits per heavy atom. The van der Waals surface area contributed by atoms with Gasteiger partial charge in [-0.1, -0.05) is 49.4 Å². The highest BCUT2D eigenvalue weighted by molar-refractivity contribution is 5.79. The van der Waals surface area contributed by atoms with E-state index in [-0.39, 0.29) is 11.9 Å². The van der Waals surface area contributed by atoms with Gasteiger partial charge in [-0.2, -0.15) is 0 Å². The van der Waals surface area contributed by atoms with Gasteiger partial charge in [-0.3, -0.25) is 4.79 Å². The van der Waals surface area contributed by atoms with E-state index < -0.39 is 0 Å². The lowest BCUT2D eigenvalue weighted by molar-refractivity contribution is -0.121. The Labute approximate surface area is 132 Å². The molecule has 0 heterocycles. The van der Waals surface area contributed by atoms with Crippen LogP contribution in [0.1, 0.15) is 36.6 Å². The Morgan fingerprint density at radius 3 is 2.45 bits per heavy atom. The molecular weight excluding hydrogens is 274 g/mol. The van der Waals surface area contributed by atoms with Gasteiger partial charge in [0.25, 0.3) is 0 Å². The fourth-order valence-corrected chi connectivity index (χ4v) is 2.44. The monoisotopic (exact) mass is 297 g/mol. The van der Waals surface area contributed by atoms with Crippen molar-refractivity contribution in [2.75, 3.05) is 7.11 Å². The van der Waals surface area contributed by atoms with Gasteiger partial charge >= 0.3 is 0 Å². The highest BCUT2D eigenvalue weighted by Crippen LogP contribution is 2.19. The van der Waals surface area contributed by atoms with E-state index in [0.717, 1.165) is 23.3 Å². The third kappa shape index (κ3) is 4.10. The molecule has 0 fully saturated rings. The van der Waals surface area contributed by atoms with Crippen LogP contribution in [-0.4, -0.2) is 13.0 Å². The zero-order valence-electron chi connectivity index (χ0n) is 13.4. The molecule has 0 saturated heterocycles. The lowest BCUT2D eigenvalue weighted by Crippen LogP contribution is -2.28. The number of rotatable bonds is 6. The Hall–Kier alpha value is -2.29. The first-order valence-electron chi connectivity index (χ1n) is 7.64. The number of methoxy groups -OCH3 is 1.